The first kappa shape index (κ1) is 7.94. The Morgan fingerprint density at radius 3 is 2.40 bits per heavy atom. The van der Waals surface area contributed by atoms with E-state index in [2.05, 4.69) is 20.1 Å². The van der Waals surface area contributed by atoms with Gasteiger partial charge < -0.3 is 5.73 Å². The van der Waals surface area contributed by atoms with Crippen molar-refractivity contribution in [1.29, 1.82) is 5.26 Å². The highest BCUT2D eigenvalue weighted by Crippen LogP contribution is 2.20. The summed E-state index contributed by atoms with van der Waals surface area (Å²) in [6, 6.07) is 2.14. The lowest BCUT2D eigenvalue weighted by Crippen LogP contribution is -2.46. The molecule has 0 aromatic heterocycles. The zero-order valence-corrected chi connectivity index (χ0v) is 7.03. The van der Waals surface area contributed by atoms with Crippen LogP contribution in [0.1, 0.15) is 12.8 Å². The largest absolute Gasteiger partial charge is 0.313 e. The van der Waals surface area contributed by atoms with Crippen LogP contribution in [0.3, 0.4) is 0 Å². The molecule has 1 fully saturated rings. The number of hydrogen-bond donors (Lipinski definition) is 1. The molecule has 0 amide bonds. The molecule has 56 valence electrons. The smallest absolute Gasteiger partial charge is 0.106 e. The molecule has 0 bridgehead atoms. The van der Waals surface area contributed by atoms with E-state index in [1.807, 2.05) is 0 Å². The second-order valence-corrected chi connectivity index (χ2v) is 3.53. The van der Waals surface area contributed by atoms with E-state index in [9.17, 15) is 0 Å². The number of rotatable bonds is 0. The van der Waals surface area contributed by atoms with Gasteiger partial charge in [-0.15, -0.1) is 0 Å². The van der Waals surface area contributed by atoms with Crippen LogP contribution in [-0.4, -0.2) is 23.3 Å². The van der Waals surface area contributed by atoms with Crippen molar-refractivity contribution >= 4 is 9.39 Å². The van der Waals surface area contributed by atoms with Crippen LogP contribution in [0.5, 0.6) is 0 Å². The molecule has 0 saturated carbocycles. The van der Waals surface area contributed by atoms with Crippen LogP contribution in [0.4, 0.5) is 0 Å². The lowest BCUT2D eigenvalue weighted by molar-refractivity contribution is 0.297. The molecule has 0 aliphatic carbocycles. The molecule has 0 aromatic rings. The summed E-state index contributed by atoms with van der Waals surface area (Å²) in [6.45, 7) is 1.82. The van der Waals surface area contributed by atoms with Crippen LogP contribution in [0.25, 0.3) is 0 Å². The van der Waals surface area contributed by atoms with Crippen LogP contribution in [0.2, 0.25) is 0 Å². The third kappa shape index (κ3) is 1.67. The Balaban J connectivity index is 2.48. The van der Waals surface area contributed by atoms with Gasteiger partial charge >= 0.3 is 0 Å². The third-order valence-electron chi connectivity index (χ3n) is 1.91. The van der Waals surface area contributed by atoms with Crippen LogP contribution < -0.4 is 5.73 Å². The van der Waals surface area contributed by atoms with Gasteiger partial charge in [-0.3, -0.25) is 4.67 Å². The fourth-order valence-corrected chi connectivity index (χ4v) is 1.29. The van der Waals surface area contributed by atoms with Crippen molar-refractivity contribution < 1.29 is 0 Å². The predicted molar refractivity (Wildman–Crippen MR) is 43.0 cm³/mol. The molecule has 0 aromatic carbocycles. The lowest BCUT2D eigenvalue weighted by Gasteiger charge is -2.31. The Kier molecular flexibility index (Phi) is 2.25. The van der Waals surface area contributed by atoms with Gasteiger partial charge in [-0.2, -0.15) is 5.26 Å². The van der Waals surface area contributed by atoms with E-state index in [0.717, 1.165) is 25.9 Å². The molecule has 0 radical (unpaired) electrons. The Morgan fingerprint density at radius 1 is 1.50 bits per heavy atom. The first-order chi connectivity index (χ1) is 4.66. The van der Waals surface area contributed by atoms with Gasteiger partial charge in [0.15, 0.2) is 0 Å². The average Bonchev–Trinajstić information content (AvgIpc) is 1.96. The molecule has 1 aliphatic heterocycles. The van der Waals surface area contributed by atoms with Crippen LogP contribution in [0.15, 0.2) is 0 Å². The Labute approximate surface area is 63.4 Å². The summed E-state index contributed by atoms with van der Waals surface area (Å²) in [5, 5.41) is 8.64. The number of nitrogens with two attached hydrogens (primary N) is 1. The van der Waals surface area contributed by atoms with Gasteiger partial charge in [0, 0.05) is 13.1 Å². The summed E-state index contributed by atoms with van der Waals surface area (Å²) in [4.78, 5) is 0. The van der Waals surface area contributed by atoms with Crippen molar-refractivity contribution in [2.75, 3.05) is 13.1 Å². The number of nitriles is 1. The van der Waals surface area contributed by atoms with E-state index < -0.39 is 5.54 Å². The molecule has 10 heavy (non-hydrogen) atoms. The minimum atomic E-state index is -0.549. The van der Waals surface area contributed by atoms with E-state index in [1.165, 1.54) is 0 Å². The highest BCUT2D eigenvalue weighted by atomic mass is 31.0. The molecule has 1 rings (SSSR count). The second-order valence-electron chi connectivity index (χ2n) is 2.80. The first-order valence-corrected chi connectivity index (χ1v) is 3.88. The highest BCUT2D eigenvalue weighted by Gasteiger charge is 2.28. The summed E-state index contributed by atoms with van der Waals surface area (Å²) in [6.07, 6.45) is 1.57. The Bertz CT molecular complexity index is 155. The minimum Gasteiger partial charge on any atom is -0.313 e. The monoisotopic (exact) mass is 157 g/mol. The van der Waals surface area contributed by atoms with Crippen molar-refractivity contribution in [3.63, 3.8) is 0 Å². The summed E-state index contributed by atoms with van der Waals surface area (Å²) in [5.74, 6) is 0. The molecule has 4 heteroatoms. The van der Waals surface area contributed by atoms with Gasteiger partial charge in [-0.05, 0) is 12.8 Å². The maximum absolute atomic E-state index is 8.64. The fourth-order valence-electron chi connectivity index (χ4n) is 1.03. The van der Waals surface area contributed by atoms with Crippen LogP contribution >= 0.6 is 9.39 Å². The van der Waals surface area contributed by atoms with Gasteiger partial charge in [0.1, 0.15) is 5.54 Å². The SMILES string of the molecule is N#CC1(N)CCN(P)CC1. The number of hydrogen-bond acceptors (Lipinski definition) is 3. The summed E-state index contributed by atoms with van der Waals surface area (Å²) < 4.78 is 2.11. The molecular weight excluding hydrogens is 145 g/mol. The fraction of sp³-hybridized carbons (Fsp3) is 0.833. The van der Waals surface area contributed by atoms with Crippen molar-refractivity contribution in [3.05, 3.63) is 0 Å². The lowest BCUT2D eigenvalue weighted by atomic mass is 9.91. The van der Waals surface area contributed by atoms with Gasteiger partial charge in [0.25, 0.3) is 0 Å². The zero-order valence-electron chi connectivity index (χ0n) is 5.88. The maximum Gasteiger partial charge on any atom is 0.106 e. The van der Waals surface area contributed by atoms with E-state index in [4.69, 9.17) is 11.0 Å². The third-order valence-corrected chi connectivity index (χ3v) is 2.43. The number of piperidine rings is 1. The normalized spacial score (nSPS) is 25.7. The standard InChI is InChI=1S/C6H12N3P/c7-5-6(8)1-3-9(10)4-2-6/h1-4,8,10H2. The summed E-state index contributed by atoms with van der Waals surface area (Å²) in [7, 11) is 2.62. The van der Waals surface area contributed by atoms with Crippen LogP contribution in [0, 0.1) is 11.3 Å². The van der Waals surface area contributed by atoms with Gasteiger partial charge in [-0.25, -0.2) is 0 Å². The zero-order chi connectivity index (χ0) is 7.61. The highest BCUT2D eigenvalue weighted by molar-refractivity contribution is 7.13. The van der Waals surface area contributed by atoms with E-state index in [1.54, 1.807) is 0 Å². The van der Waals surface area contributed by atoms with E-state index in [0.29, 0.717) is 0 Å². The maximum atomic E-state index is 8.64. The molecular formula is C6H12N3P. The molecule has 1 heterocycles. The molecule has 3 nitrogen and oxygen atoms in total. The predicted octanol–water partition coefficient (Wildman–Crippen LogP) is 0.0934. The van der Waals surface area contributed by atoms with Gasteiger partial charge in [-0.1, -0.05) is 9.39 Å². The van der Waals surface area contributed by atoms with E-state index in [-0.39, 0.29) is 0 Å². The molecule has 0 spiro atoms. The molecule has 1 unspecified atom stereocenters. The molecule has 1 atom stereocenters. The molecule has 1 aliphatic rings. The molecule has 2 N–H and O–H groups in total. The van der Waals surface area contributed by atoms with E-state index >= 15 is 0 Å². The van der Waals surface area contributed by atoms with Gasteiger partial charge in [0.2, 0.25) is 0 Å². The van der Waals surface area contributed by atoms with Crippen molar-refractivity contribution in [1.82, 2.24) is 4.67 Å². The van der Waals surface area contributed by atoms with Crippen molar-refractivity contribution in [2.45, 2.75) is 18.4 Å². The average molecular weight is 157 g/mol. The topological polar surface area (TPSA) is 53.1 Å². The Morgan fingerprint density at radius 2 is 2.00 bits per heavy atom. The summed E-state index contributed by atoms with van der Waals surface area (Å²) >= 11 is 0. The van der Waals surface area contributed by atoms with Gasteiger partial charge in [0.05, 0.1) is 6.07 Å². The van der Waals surface area contributed by atoms with Crippen molar-refractivity contribution in [2.24, 2.45) is 5.73 Å². The van der Waals surface area contributed by atoms with Crippen molar-refractivity contribution in [3.8, 4) is 6.07 Å². The minimum absolute atomic E-state index is 0.549. The summed E-state index contributed by atoms with van der Waals surface area (Å²) in [5.41, 5.74) is 5.17. The Hall–Kier alpha value is -0.160. The second kappa shape index (κ2) is 2.84. The quantitative estimate of drug-likeness (QED) is 0.507. The molecule has 1 saturated heterocycles. The first-order valence-electron chi connectivity index (χ1n) is 3.36. The van der Waals surface area contributed by atoms with Crippen LogP contribution in [-0.2, 0) is 0 Å². The number of nitrogens with zero attached hydrogens (tertiary/aromatic N) is 2.